The van der Waals surface area contributed by atoms with Crippen LogP contribution in [0.3, 0.4) is 0 Å². The molecule has 128 valence electrons. The molecular weight excluding hydrogens is 282 g/mol. The highest BCUT2D eigenvalue weighted by Crippen LogP contribution is 2.25. The molecule has 0 aromatic carbocycles. The van der Waals surface area contributed by atoms with Crippen molar-refractivity contribution in [3.8, 4) is 0 Å². The van der Waals surface area contributed by atoms with E-state index in [4.69, 9.17) is 9.47 Å². The first-order valence-electron chi connectivity index (χ1n) is 8.22. The Morgan fingerprint density at radius 2 is 1.86 bits per heavy atom. The molecule has 0 aliphatic carbocycles. The van der Waals surface area contributed by atoms with Gasteiger partial charge in [-0.05, 0) is 46.0 Å². The van der Waals surface area contributed by atoms with Crippen molar-refractivity contribution >= 4 is 11.9 Å². The molecule has 5 nitrogen and oxygen atoms in total. The molecular formula is C17H31NO4. The van der Waals surface area contributed by atoms with Gasteiger partial charge in [-0.1, -0.05) is 6.92 Å². The normalized spacial score (nSPS) is 22.5. The summed E-state index contributed by atoms with van der Waals surface area (Å²) in [5.74, 6) is 0.0764. The first kappa shape index (κ1) is 18.9. The third-order valence-electron chi connectivity index (χ3n) is 3.74. The molecule has 0 aromatic rings. The van der Waals surface area contributed by atoms with Crippen molar-refractivity contribution in [1.29, 1.82) is 0 Å². The smallest absolute Gasteiger partial charge is 0.311 e. The number of hydrogen-bond acceptors (Lipinski definition) is 4. The molecule has 1 aliphatic heterocycles. The molecule has 1 fully saturated rings. The molecule has 0 radical (unpaired) electrons. The second-order valence-electron chi connectivity index (χ2n) is 7.32. The summed E-state index contributed by atoms with van der Waals surface area (Å²) in [6.07, 6.45) is 3.04. The number of methoxy groups -OCH3 is 1. The van der Waals surface area contributed by atoms with E-state index in [0.29, 0.717) is 25.5 Å². The Balaban J connectivity index is 2.52. The van der Waals surface area contributed by atoms with E-state index in [1.54, 1.807) is 7.11 Å². The fraction of sp³-hybridized carbons (Fsp3) is 0.882. The van der Waals surface area contributed by atoms with Crippen LogP contribution in [0.2, 0.25) is 0 Å². The Labute approximate surface area is 134 Å². The van der Waals surface area contributed by atoms with Crippen molar-refractivity contribution < 1.29 is 19.1 Å². The van der Waals surface area contributed by atoms with Crippen molar-refractivity contribution in [2.75, 3.05) is 26.8 Å². The highest BCUT2D eigenvalue weighted by atomic mass is 16.6. The van der Waals surface area contributed by atoms with E-state index in [1.807, 2.05) is 25.7 Å². The van der Waals surface area contributed by atoms with Gasteiger partial charge in [0.2, 0.25) is 5.91 Å². The summed E-state index contributed by atoms with van der Waals surface area (Å²) in [7, 11) is 1.67. The van der Waals surface area contributed by atoms with Gasteiger partial charge < -0.3 is 14.4 Å². The zero-order valence-corrected chi connectivity index (χ0v) is 14.7. The van der Waals surface area contributed by atoms with Gasteiger partial charge in [0.15, 0.2) is 0 Å². The predicted molar refractivity (Wildman–Crippen MR) is 85.4 cm³/mol. The summed E-state index contributed by atoms with van der Waals surface area (Å²) in [5.41, 5.74) is -0.479. The highest BCUT2D eigenvalue weighted by molar-refractivity contribution is 5.78. The van der Waals surface area contributed by atoms with Crippen LogP contribution in [0.15, 0.2) is 0 Å². The van der Waals surface area contributed by atoms with Crippen molar-refractivity contribution in [3.63, 3.8) is 0 Å². The van der Waals surface area contributed by atoms with Crippen LogP contribution in [0.5, 0.6) is 0 Å². The third-order valence-corrected chi connectivity index (χ3v) is 3.74. The van der Waals surface area contributed by atoms with Crippen LogP contribution in [0.25, 0.3) is 0 Å². The molecule has 1 aliphatic rings. The van der Waals surface area contributed by atoms with Crippen LogP contribution in [-0.4, -0.2) is 49.2 Å². The number of unbranched alkanes of at least 4 members (excludes halogenated alkanes) is 1. The second-order valence-corrected chi connectivity index (χ2v) is 7.32. The van der Waals surface area contributed by atoms with E-state index in [1.165, 1.54) is 0 Å². The first-order valence-corrected chi connectivity index (χ1v) is 8.22. The number of carbonyl (C=O) groups excluding carboxylic acids is 2. The van der Waals surface area contributed by atoms with E-state index < -0.39 is 5.60 Å². The Bertz CT molecular complexity index is 375. The summed E-state index contributed by atoms with van der Waals surface area (Å²) < 4.78 is 10.5. The van der Waals surface area contributed by atoms with Crippen molar-refractivity contribution in [1.82, 2.24) is 4.90 Å². The third kappa shape index (κ3) is 6.77. The number of ether oxygens (including phenoxy) is 2. The van der Waals surface area contributed by atoms with Crippen molar-refractivity contribution in [3.05, 3.63) is 0 Å². The number of amides is 1. The number of carbonyl (C=O) groups is 2. The molecule has 0 unspecified atom stereocenters. The topological polar surface area (TPSA) is 55.8 Å². The fourth-order valence-corrected chi connectivity index (χ4v) is 2.79. The van der Waals surface area contributed by atoms with Gasteiger partial charge >= 0.3 is 5.97 Å². The molecule has 0 aromatic heterocycles. The van der Waals surface area contributed by atoms with E-state index >= 15 is 0 Å². The van der Waals surface area contributed by atoms with Gasteiger partial charge in [-0.3, -0.25) is 9.59 Å². The molecule has 0 saturated carbocycles. The first-order chi connectivity index (χ1) is 10.2. The molecule has 0 bridgehead atoms. The Morgan fingerprint density at radius 1 is 1.18 bits per heavy atom. The van der Waals surface area contributed by atoms with Crippen LogP contribution >= 0.6 is 0 Å². The summed E-state index contributed by atoms with van der Waals surface area (Å²) >= 11 is 0. The molecule has 1 heterocycles. The molecule has 1 saturated heterocycles. The predicted octanol–water partition coefficient (Wildman–Crippen LogP) is 2.63. The number of likely N-dealkylation sites (tertiary alicyclic amines) is 1. The Morgan fingerprint density at radius 3 is 2.45 bits per heavy atom. The number of esters is 1. The SMILES string of the molecule is COCCCCC(=O)N1C[C@@H](C)C[C@@H](C(=O)OC(C)(C)C)C1. The summed E-state index contributed by atoms with van der Waals surface area (Å²) in [6, 6.07) is 0. The lowest BCUT2D eigenvalue weighted by atomic mass is 9.90. The second kappa shape index (κ2) is 8.51. The van der Waals surface area contributed by atoms with Gasteiger partial charge in [0.05, 0.1) is 5.92 Å². The molecule has 22 heavy (non-hydrogen) atoms. The number of hydrogen-bond donors (Lipinski definition) is 0. The largest absolute Gasteiger partial charge is 0.460 e. The Kier molecular flexibility index (Phi) is 7.33. The van der Waals surface area contributed by atoms with Gasteiger partial charge in [0.1, 0.15) is 5.60 Å². The maximum absolute atomic E-state index is 12.3. The van der Waals surface area contributed by atoms with E-state index in [2.05, 4.69) is 6.92 Å². The quantitative estimate of drug-likeness (QED) is 0.559. The lowest BCUT2D eigenvalue weighted by molar-refractivity contribution is -0.163. The minimum atomic E-state index is -0.479. The van der Waals surface area contributed by atoms with E-state index in [9.17, 15) is 9.59 Å². The van der Waals surface area contributed by atoms with Crippen molar-refractivity contribution in [2.24, 2.45) is 11.8 Å². The number of rotatable bonds is 6. The van der Waals surface area contributed by atoms with Crippen LogP contribution < -0.4 is 0 Å². The Hall–Kier alpha value is -1.10. The highest BCUT2D eigenvalue weighted by Gasteiger charge is 2.34. The van der Waals surface area contributed by atoms with Crippen LogP contribution in [-0.2, 0) is 19.1 Å². The molecule has 0 spiro atoms. The molecule has 1 rings (SSSR count). The summed E-state index contributed by atoms with van der Waals surface area (Å²) in [6.45, 7) is 9.61. The molecule has 2 atom stereocenters. The minimum absolute atomic E-state index is 0.135. The van der Waals surface area contributed by atoms with Gasteiger partial charge in [0.25, 0.3) is 0 Å². The fourth-order valence-electron chi connectivity index (χ4n) is 2.79. The summed E-state index contributed by atoms with van der Waals surface area (Å²) in [4.78, 5) is 26.4. The lowest BCUT2D eigenvalue weighted by Gasteiger charge is -2.36. The monoisotopic (exact) mass is 313 g/mol. The summed E-state index contributed by atoms with van der Waals surface area (Å²) in [5, 5.41) is 0. The van der Waals surface area contributed by atoms with Gasteiger partial charge in [-0.15, -0.1) is 0 Å². The molecule has 5 heteroatoms. The van der Waals surface area contributed by atoms with Crippen LogP contribution in [0.4, 0.5) is 0 Å². The van der Waals surface area contributed by atoms with Gasteiger partial charge in [-0.2, -0.15) is 0 Å². The average molecular weight is 313 g/mol. The zero-order chi connectivity index (χ0) is 16.8. The maximum Gasteiger partial charge on any atom is 0.311 e. The van der Waals surface area contributed by atoms with Gasteiger partial charge in [0, 0.05) is 33.2 Å². The number of nitrogens with zero attached hydrogens (tertiary/aromatic N) is 1. The van der Waals surface area contributed by atoms with Gasteiger partial charge in [-0.25, -0.2) is 0 Å². The number of piperidine rings is 1. The zero-order valence-electron chi connectivity index (χ0n) is 14.7. The lowest BCUT2D eigenvalue weighted by Crippen LogP contribution is -2.46. The van der Waals surface area contributed by atoms with Crippen molar-refractivity contribution in [2.45, 2.75) is 59.0 Å². The molecule has 0 N–H and O–H groups in total. The standard InChI is InChI=1S/C17H31NO4/c1-13-10-14(16(20)22-17(2,3)4)12-18(11-13)15(19)8-6-7-9-21-5/h13-14H,6-12H2,1-5H3/t13-,14+/m0/s1. The van der Waals surface area contributed by atoms with Crippen LogP contribution in [0.1, 0.15) is 53.4 Å². The maximum atomic E-state index is 12.3. The van der Waals surface area contributed by atoms with E-state index in [-0.39, 0.29) is 17.8 Å². The molecule has 1 amide bonds. The van der Waals surface area contributed by atoms with Crippen LogP contribution in [0, 0.1) is 11.8 Å². The average Bonchev–Trinajstić information content (AvgIpc) is 2.41. The van der Waals surface area contributed by atoms with E-state index in [0.717, 1.165) is 25.8 Å². The minimum Gasteiger partial charge on any atom is -0.460 e.